The molecule has 1 aliphatic rings. The van der Waals surface area contributed by atoms with Crippen LogP contribution < -0.4 is 0 Å². The summed E-state index contributed by atoms with van der Waals surface area (Å²) in [5.74, 6) is -0.420. The van der Waals surface area contributed by atoms with Crippen molar-refractivity contribution in [2.24, 2.45) is 5.41 Å². The van der Waals surface area contributed by atoms with Gasteiger partial charge < -0.3 is 4.74 Å². The number of hydrogen-bond donors (Lipinski definition) is 1. The zero-order valence-electron chi connectivity index (χ0n) is 10.9. The molecule has 6 heteroatoms. The van der Waals surface area contributed by atoms with Crippen LogP contribution in [-0.2, 0) is 19.6 Å². The quantitative estimate of drug-likeness (QED) is 0.616. The van der Waals surface area contributed by atoms with Crippen LogP contribution >= 0.6 is 0 Å². The lowest BCUT2D eigenvalue weighted by Gasteiger charge is -2.29. The Labute approximate surface area is 107 Å². The number of ether oxygens (including phenoxy) is 1. The Hall–Kier alpha value is -1.14. The zero-order valence-corrected chi connectivity index (χ0v) is 11.7. The van der Waals surface area contributed by atoms with Gasteiger partial charge in [0, 0.05) is 0 Å². The summed E-state index contributed by atoms with van der Waals surface area (Å²) in [7, 11) is -4.21. The maximum atomic E-state index is 12.0. The molecule has 0 spiro atoms. The van der Waals surface area contributed by atoms with E-state index in [1.165, 1.54) is 18.2 Å². The lowest BCUT2D eigenvalue weighted by Crippen LogP contribution is -2.35. The number of allylic oxidation sites excluding steroid dienone is 2. The summed E-state index contributed by atoms with van der Waals surface area (Å²) in [6.45, 7) is 6.95. The first-order valence-corrected chi connectivity index (χ1v) is 6.98. The molecule has 0 fully saturated rings. The van der Waals surface area contributed by atoms with Gasteiger partial charge in [0.2, 0.25) is 0 Å². The Morgan fingerprint density at radius 1 is 1.44 bits per heavy atom. The number of carbonyl (C=O) groups excluding carboxylic acids is 1. The van der Waals surface area contributed by atoms with Crippen LogP contribution in [0, 0.1) is 5.41 Å². The fourth-order valence-corrected chi connectivity index (χ4v) is 1.99. The summed E-state index contributed by atoms with van der Waals surface area (Å²) in [5.41, 5.74) is -1.50. The van der Waals surface area contributed by atoms with E-state index in [9.17, 15) is 13.2 Å². The predicted octanol–water partition coefficient (Wildman–Crippen LogP) is 2.07. The standard InChI is InChI=1S/C12H18O5S/c1-11(2,3)17-10(13)12(4)7-5-9(6-8-12)18(14,15)16/h5-7H,8H2,1-4H3,(H,14,15,16). The van der Waals surface area contributed by atoms with Crippen molar-refractivity contribution >= 4 is 16.1 Å². The summed E-state index contributed by atoms with van der Waals surface area (Å²) >= 11 is 0. The second kappa shape index (κ2) is 4.51. The Kier molecular flexibility index (Phi) is 3.74. The molecule has 102 valence electrons. The SMILES string of the molecule is CC(C)(C)OC(=O)C1(C)C=CC(S(=O)(=O)O)=CC1. The van der Waals surface area contributed by atoms with Crippen LogP contribution in [0.2, 0.25) is 0 Å². The minimum atomic E-state index is -4.21. The Bertz CT molecular complexity index is 507. The van der Waals surface area contributed by atoms with Gasteiger partial charge >= 0.3 is 5.97 Å². The van der Waals surface area contributed by atoms with E-state index in [0.29, 0.717) is 0 Å². The van der Waals surface area contributed by atoms with Crippen molar-refractivity contribution in [3.05, 3.63) is 23.1 Å². The first-order valence-electron chi connectivity index (χ1n) is 5.54. The van der Waals surface area contributed by atoms with Gasteiger partial charge in [-0.15, -0.1) is 0 Å². The highest BCUT2D eigenvalue weighted by molar-refractivity contribution is 7.90. The van der Waals surface area contributed by atoms with Gasteiger partial charge in [-0.25, -0.2) is 0 Å². The highest BCUT2D eigenvalue weighted by atomic mass is 32.2. The van der Waals surface area contributed by atoms with E-state index < -0.39 is 27.1 Å². The second-order valence-corrected chi connectivity index (χ2v) is 6.96. The van der Waals surface area contributed by atoms with Crippen LogP contribution in [0.5, 0.6) is 0 Å². The topological polar surface area (TPSA) is 80.7 Å². The third kappa shape index (κ3) is 3.68. The molecule has 5 nitrogen and oxygen atoms in total. The van der Waals surface area contributed by atoms with Gasteiger partial charge in [-0.3, -0.25) is 9.35 Å². The molecule has 18 heavy (non-hydrogen) atoms. The van der Waals surface area contributed by atoms with Crippen LogP contribution in [0.1, 0.15) is 34.1 Å². The van der Waals surface area contributed by atoms with Crippen LogP contribution in [0.25, 0.3) is 0 Å². The van der Waals surface area contributed by atoms with Crippen LogP contribution in [0.3, 0.4) is 0 Å². The molecule has 0 radical (unpaired) electrons. The molecule has 0 aromatic rings. The van der Waals surface area contributed by atoms with E-state index in [4.69, 9.17) is 9.29 Å². The fourth-order valence-electron chi connectivity index (χ4n) is 1.45. The van der Waals surface area contributed by atoms with Crippen LogP contribution in [0.4, 0.5) is 0 Å². The first kappa shape index (κ1) is 14.9. The normalized spacial score (nSPS) is 24.6. The van der Waals surface area contributed by atoms with Crippen molar-refractivity contribution in [1.82, 2.24) is 0 Å². The highest BCUT2D eigenvalue weighted by Crippen LogP contribution is 2.33. The van der Waals surface area contributed by atoms with Gasteiger partial charge in [0.05, 0.1) is 10.3 Å². The molecule has 1 aliphatic carbocycles. The molecule has 1 atom stereocenters. The van der Waals surface area contributed by atoms with Crippen molar-refractivity contribution in [3.63, 3.8) is 0 Å². The first-order chi connectivity index (χ1) is 7.94. The molecule has 0 saturated carbocycles. The summed E-state index contributed by atoms with van der Waals surface area (Å²) < 4.78 is 36.0. The highest BCUT2D eigenvalue weighted by Gasteiger charge is 2.36. The molecule has 0 aromatic heterocycles. The third-order valence-corrected chi connectivity index (χ3v) is 3.40. The maximum absolute atomic E-state index is 12.0. The molecule has 0 aliphatic heterocycles. The molecular weight excluding hydrogens is 256 g/mol. The van der Waals surface area contributed by atoms with E-state index in [1.807, 2.05) is 0 Å². The van der Waals surface area contributed by atoms with Gasteiger partial charge in [-0.05, 0) is 40.2 Å². The molecule has 0 bridgehead atoms. The molecule has 1 rings (SSSR count). The van der Waals surface area contributed by atoms with E-state index in [0.717, 1.165) is 0 Å². The van der Waals surface area contributed by atoms with Gasteiger partial charge in [0.25, 0.3) is 10.1 Å². The van der Waals surface area contributed by atoms with E-state index in [2.05, 4.69) is 0 Å². The maximum Gasteiger partial charge on any atom is 0.316 e. The van der Waals surface area contributed by atoms with Crippen LogP contribution in [-0.4, -0.2) is 24.5 Å². The van der Waals surface area contributed by atoms with Crippen molar-refractivity contribution in [2.75, 3.05) is 0 Å². The summed E-state index contributed by atoms with van der Waals surface area (Å²) in [6, 6.07) is 0. The molecular formula is C12H18O5S. The number of carbonyl (C=O) groups is 1. The minimum absolute atomic E-state index is 0.174. The molecule has 0 saturated heterocycles. The van der Waals surface area contributed by atoms with Gasteiger partial charge in [-0.2, -0.15) is 8.42 Å². The van der Waals surface area contributed by atoms with Gasteiger partial charge in [0.15, 0.2) is 0 Å². The van der Waals surface area contributed by atoms with E-state index in [1.54, 1.807) is 27.7 Å². The molecule has 0 amide bonds. The monoisotopic (exact) mass is 274 g/mol. The lowest BCUT2D eigenvalue weighted by molar-refractivity contribution is -0.163. The van der Waals surface area contributed by atoms with Crippen molar-refractivity contribution in [2.45, 2.75) is 39.7 Å². The summed E-state index contributed by atoms with van der Waals surface area (Å²) in [4.78, 5) is 11.8. The average Bonchev–Trinajstić information content (AvgIpc) is 2.14. The number of rotatable bonds is 2. The number of esters is 1. The van der Waals surface area contributed by atoms with Gasteiger partial charge in [0.1, 0.15) is 5.60 Å². The minimum Gasteiger partial charge on any atom is -0.459 e. The van der Waals surface area contributed by atoms with Gasteiger partial charge in [-0.1, -0.05) is 12.2 Å². The third-order valence-electron chi connectivity index (χ3n) is 2.51. The Balaban J connectivity index is 2.87. The fraction of sp³-hybridized carbons (Fsp3) is 0.583. The molecule has 0 aromatic carbocycles. The van der Waals surface area contributed by atoms with Crippen molar-refractivity contribution in [3.8, 4) is 0 Å². The Morgan fingerprint density at radius 3 is 2.33 bits per heavy atom. The predicted molar refractivity (Wildman–Crippen MR) is 67.3 cm³/mol. The molecule has 0 heterocycles. The zero-order chi connectivity index (χ0) is 14.2. The summed E-state index contributed by atoms with van der Waals surface area (Å²) in [6.07, 6.45) is 4.17. The average molecular weight is 274 g/mol. The lowest BCUT2D eigenvalue weighted by atomic mass is 9.83. The number of hydrogen-bond acceptors (Lipinski definition) is 4. The second-order valence-electron chi connectivity index (χ2n) is 5.54. The Morgan fingerprint density at radius 2 is 2.00 bits per heavy atom. The largest absolute Gasteiger partial charge is 0.459 e. The van der Waals surface area contributed by atoms with E-state index in [-0.39, 0.29) is 11.3 Å². The smallest absolute Gasteiger partial charge is 0.316 e. The van der Waals surface area contributed by atoms with E-state index >= 15 is 0 Å². The van der Waals surface area contributed by atoms with Crippen molar-refractivity contribution in [1.29, 1.82) is 0 Å². The molecule has 1 N–H and O–H groups in total. The van der Waals surface area contributed by atoms with Crippen LogP contribution in [0.15, 0.2) is 23.1 Å². The molecule has 1 unspecified atom stereocenters. The van der Waals surface area contributed by atoms with Crippen molar-refractivity contribution < 1.29 is 22.5 Å². The summed E-state index contributed by atoms with van der Waals surface area (Å²) in [5, 5.41) is 0.